The fourth-order valence-corrected chi connectivity index (χ4v) is 3.00. The van der Waals surface area contributed by atoms with Gasteiger partial charge in [0.15, 0.2) is 0 Å². The first kappa shape index (κ1) is 12.8. The van der Waals surface area contributed by atoms with Gasteiger partial charge in [0.25, 0.3) is 0 Å². The van der Waals surface area contributed by atoms with E-state index in [1.807, 2.05) is 18.7 Å². The molecule has 0 aromatic heterocycles. The third-order valence-electron chi connectivity index (χ3n) is 4.17. The molecule has 17 heavy (non-hydrogen) atoms. The van der Waals surface area contributed by atoms with Gasteiger partial charge in [-0.05, 0) is 46.0 Å². The summed E-state index contributed by atoms with van der Waals surface area (Å²) in [4.78, 5) is 14.1. The minimum absolute atomic E-state index is 0.0593. The zero-order chi connectivity index (χ0) is 12.5. The SMILES string of the molecule is CC(NC1CCCC1(C)O)C(=O)N1CCCC1. The van der Waals surface area contributed by atoms with Crippen molar-refractivity contribution in [2.75, 3.05) is 13.1 Å². The summed E-state index contributed by atoms with van der Waals surface area (Å²) >= 11 is 0. The van der Waals surface area contributed by atoms with E-state index in [0.717, 1.165) is 45.2 Å². The lowest BCUT2D eigenvalue weighted by atomic mass is 10.00. The summed E-state index contributed by atoms with van der Waals surface area (Å²) in [5.41, 5.74) is -0.653. The highest BCUT2D eigenvalue weighted by Gasteiger charge is 2.38. The van der Waals surface area contributed by atoms with Crippen LogP contribution < -0.4 is 5.32 Å². The van der Waals surface area contributed by atoms with Crippen molar-refractivity contribution < 1.29 is 9.90 Å². The van der Waals surface area contributed by atoms with Crippen molar-refractivity contribution in [3.63, 3.8) is 0 Å². The molecule has 1 aliphatic heterocycles. The first-order chi connectivity index (χ1) is 8.00. The number of rotatable bonds is 3. The summed E-state index contributed by atoms with van der Waals surface area (Å²) in [5.74, 6) is 0.185. The molecule has 98 valence electrons. The maximum absolute atomic E-state index is 12.1. The Morgan fingerprint density at radius 1 is 1.41 bits per heavy atom. The zero-order valence-electron chi connectivity index (χ0n) is 10.9. The lowest BCUT2D eigenvalue weighted by Gasteiger charge is -2.30. The molecule has 2 aliphatic rings. The highest BCUT2D eigenvalue weighted by Crippen LogP contribution is 2.29. The van der Waals surface area contributed by atoms with Crippen LogP contribution in [-0.4, -0.2) is 46.7 Å². The number of carbonyl (C=O) groups excluding carboxylic acids is 1. The molecule has 0 aromatic rings. The fourth-order valence-electron chi connectivity index (χ4n) is 3.00. The predicted octanol–water partition coefficient (Wildman–Crippen LogP) is 0.890. The standard InChI is InChI=1S/C13H24N2O2/c1-10(12(16)15-8-3-4-9-15)14-11-6-5-7-13(11,2)17/h10-11,14,17H,3-9H2,1-2H3. The van der Waals surface area contributed by atoms with Crippen molar-refractivity contribution >= 4 is 5.91 Å². The molecule has 1 aliphatic carbocycles. The topological polar surface area (TPSA) is 52.6 Å². The number of nitrogens with zero attached hydrogens (tertiary/aromatic N) is 1. The molecule has 3 atom stereocenters. The van der Waals surface area contributed by atoms with Crippen molar-refractivity contribution in [3.8, 4) is 0 Å². The minimum Gasteiger partial charge on any atom is -0.389 e. The van der Waals surface area contributed by atoms with Gasteiger partial charge >= 0.3 is 0 Å². The molecular formula is C13H24N2O2. The van der Waals surface area contributed by atoms with E-state index in [9.17, 15) is 9.90 Å². The number of nitrogens with one attached hydrogen (secondary N) is 1. The van der Waals surface area contributed by atoms with Gasteiger partial charge in [-0.25, -0.2) is 0 Å². The Labute approximate surface area is 103 Å². The monoisotopic (exact) mass is 240 g/mol. The molecule has 0 bridgehead atoms. The third-order valence-corrected chi connectivity index (χ3v) is 4.17. The smallest absolute Gasteiger partial charge is 0.239 e. The van der Waals surface area contributed by atoms with Gasteiger partial charge in [-0.2, -0.15) is 0 Å². The molecule has 2 fully saturated rings. The average molecular weight is 240 g/mol. The molecule has 4 nitrogen and oxygen atoms in total. The van der Waals surface area contributed by atoms with E-state index in [-0.39, 0.29) is 18.0 Å². The van der Waals surface area contributed by atoms with E-state index in [1.54, 1.807) is 0 Å². The Balaban J connectivity index is 1.87. The van der Waals surface area contributed by atoms with Crippen LogP contribution in [0.2, 0.25) is 0 Å². The van der Waals surface area contributed by atoms with Gasteiger partial charge in [0.1, 0.15) is 0 Å². The molecule has 0 aromatic carbocycles. The Kier molecular flexibility index (Phi) is 3.73. The lowest BCUT2D eigenvalue weighted by Crippen LogP contribution is -2.53. The zero-order valence-corrected chi connectivity index (χ0v) is 10.9. The fraction of sp³-hybridized carbons (Fsp3) is 0.923. The average Bonchev–Trinajstić information content (AvgIpc) is 2.88. The van der Waals surface area contributed by atoms with Crippen molar-refractivity contribution in [2.45, 2.75) is 63.6 Å². The maximum Gasteiger partial charge on any atom is 0.239 e. The Hall–Kier alpha value is -0.610. The van der Waals surface area contributed by atoms with E-state index in [0.29, 0.717) is 0 Å². The molecule has 1 amide bonds. The van der Waals surface area contributed by atoms with Crippen LogP contribution in [0.25, 0.3) is 0 Å². The third kappa shape index (κ3) is 2.80. The minimum atomic E-state index is -0.653. The summed E-state index contributed by atoms with van der Waals surface area (Å²) in [6.45, 7) is 5.57. The molecule has 4 heteroatoms. The molecule has 3 unspecified atom stereocenters. The molecule has 1 saturated carbocycles. The normalized spacial score (nSPS) is 35.2. The first-order valence-corrected chi connectivity index (χ1v) is 6.78. The van der Waals surface area contributed by atoms with Gasteiger partial charge in [0, 0.05) is 19.1 Å². The van der Waals surface area contributed by atoms with Crippen LogP contribution in [0.3, 0.4) is 0 Å². The summed E-state index contributed by atoms with van der Waals surface area (Å²) in [6.07, 6.45) is 5.08. The Bertz CT molecular complexity index is 285. The molecule has 2 N–H and O–H groups in total. The largest absolute Gasteiger partial charge is 0.389 e. The van der Waals surface area contributed by atoms with Crippen LogP contribution in [0.4, 0.5) is 0 Å². The predicted molar refractivity (Wildman–Crippen MR) is 66.7 cm³/mol. The highest BCUT2D eigenvalue weighted by molar-refractivity contribution is 5.81. The van der Waals surface area contributed by atoms with Gasteiger partial charge in [0.2, 0.25) is 5.91 Å². The highest BCUT2D eigenvalue weighted by atomic mass is 16.3. The number of carbonyl (C=O) groups is 1. The van der Waals surface area contributed by atoms with E-state index < -0.39 is 5.60 Å². The number of amides is 1. The van der Waals surface area contributed by atoms with Crippen molar-refractivity contribution in [1.82, 2.24) is 10.2 Å². The second-order valence-corrected chi connectivity index (χ2v) is 5.72. The quantitative estimate of drug-likeness (QED) is 0.770. The summed E-state index contributed by atoms with van der Waals surface area (Å²) in [5, 5.41) is 13.5. The maximum atomic E-state index is 12.1. The van der Waals surface area contributed by atoms with Gasteiger partial charge < -0.3 is 15.3 Å². The molecule has 2 rings (SSSR count). The number of likely N-dealkylation sites (tertiary alicyclic amines) is 1. The second kappa shape index (κ2) is 4.94. The van der Waals surface area contributed by atoms with Crippen molar-refractivity contribution in [2.24, 2.45) is 0 Å². The summed E-state index contributed by atoms with van der Waals surface area (Å²) in [6, 6.07) is -0.119. The van der Waals surface area contributed by atoms with Crippen LogP contribution in [0.1, 0.15) is 46.0 Å². The lowest BCUT2D eigenvalue weighted by molar-refractivity contribution is -0.132. The first-order valence-electron chi connectivity index (χ1n) is 6.78. The summed E-state index contributed by atoms with van der Waals surface area (Å²) < 4.78 is 0. The molecule has 0 radical (unpaired) electrons. The van der Waals surface area contributed by atoms with Gasteiger partial charge in [-0.15, -0.1) is 0 Å². The molecule has 1 saturated heterocycles. The number of aliphatic hydroxyl groups is 1. The van der Waals surface area contributed by atoms with E-state index >= 15 is 0 Å². The molecular weight excluding hydrogens is 216 g/mol. The van der Waals surface area contributed by atoms with Gasteiger partial charge in [-0.3, -0.25) is 4.79 Å². The number of hydrogen-bond donors (Lipinski definition) is 2. The molecule has 1 heterocycles. The van der Waals surface area contributed by atoms with Crippen LogP contribution in [0.15, 0.2) is 0 Å². The van der Waals surface area contributed by atoms with Crippen LogP contribution >= 0.6 is 0 Å². The second-order valence-electron chi connectivity index (χ2n) is 5.72. The van der Waals surface area contributed by atoms with Gasteiger partial charge in [-0.1, -0.05) is 0 Å². The van der Waals surface area contributed by atoms with E-state index in [4.69, 9.17) is 0 Å². The Morgan fingerprint density at radius 3 is 2.59 bits per heavy atom. The molecule has 0 spiro atoms. The van der Waals surface area contributed by atoms with Crippen molar-refractivity contribution in [3.05, 3.63) is 0 Å². The van der Waals surface area contributed by atoms with E-state index in [1.165, 1.54) is 0 Å². The van der Waals surface area contributed by atoms with Crippen LogP contribution in [0.5, 0.6) is 0 Å². The van der Waals surface area contributed by atoms with E-state index in [2.05, 4.69) is 5.32 Å². The Morgan fingerprint density at radius 2 is 2.06 bits per heavy atom. The van der Waals surface area contributed by atoms with Crippen molar-refractivity contribution in [1.29, 1.82) is 0 Å². The van der Waals surface area contributed by atoms with Crippen LogP contribution in [0, 0.1) is 0 Å². The van der Waals surface area contributed by atoms with Gasteiger partial charge in [0.05, 0.1) is 11.6 Å². The summed E-state index contributed by atoms with van der Waals surface area (Å²) in [7, 11) is 0. The van der Waals surface area contributed by atoms with Crippen LogP contribution in [-0.2, 0) is 4.79 Å². The number of hydrogen-bond acceptors (Lipinski definition) is 3.